The second-order valence-corrected chi connectivity index (χ2v) is 8.06. The van der Waals surface area contributed by atoms with Gasteiger partial charge in [-0.1, -0.05) is 43.7 Å². The van der Waals surface area contributed by atoms with Gasteiger partial charge in [0.25, 0.3) is 5.91 Å². The number of amides is 1. The summed E-state index contributed by atoms with van der Waals surface area (Å²) in [7, 11) is 1.63. The third-order valence-corrected chi connectivity index (χ3v) is 4.98. The minimum absolute atomic E-state index is 0.0862. The SMILES string of the molecule is COC[C@@H](C)NC(=O)c1cc(-c2ccc(C)cc2)cc(-n2c(C)nnc2C(C)C)c1. The first-order valence-electron chi connectivity index (χ1n) is 10.2. The number of aryl methyl sites for hydroxylation is 2. The van der Waals surface area contributed by atoms with Crippen molar-refractivity contribution in [1.82, 2.24) is 20.1 Å². The highest BCUT2D eigenvalue weighted by molar-refractivity contribution is 5.96. The van der Waals surface area contributed by atoms with Crippen LogP contribution in [-0.2, 0) is 4.74 Å². The molecule has 0 saturated heterocycles. The van der Waals surface area contributed by atoms with Gasteiger partial charge in [-0.3, -0.25) is 9.36 Å². The van der Waals surface area contributed by atoms with Crippen LogP contribution in [0.4, 0.5) is 0 Å². The smallest absolute Gasteiger partial charge is 0.251 e. The van der Waals surface area contributed by atoms with Crippen LogP contribution in [0.15, 0.2) is 42.5 Å². The molecule has 0 fully saturated rings. The van der Waals surface area contributed by atoms with Gasteiger partial charge in [-0.15, -0.1) is 10.2 Å². The van der Waals surface area contributed by atoms with Crippen molar-refractivity contribution >= 4 is 5.91 Å². The lowest BCUT2D eigenvalue weighted by Gasteiger charge is -2.17. The first-order chi connectivity index (χ1) is 14.3. The van der Waals surface area contributed by atoms with Crippen molar-refractivity contribution in [2.45, 2.75) is 46.6 Å². The number of carbonyl (C=O) groups excluding carboxylic acids is 1. The Hall–Kier alpha value is -2.99. The van der Waals surface area contributed by atoms with Gasteiger partial charge in [0, 0.05) is 30.3 Å². The number of methoxy groups -OCH3 is 1. The molecular formula is C24H30N4O2. The second kappa shape index (κ2) is 9.22. The highest BCUT2D eigenvalue weighted by Gasteiger charge is 2.18. The molecule has 0 radical (unpaired) electrons. The van der Waals surface area contributed by atoms with Gasteiger partial charge in [-0.05, 0) is 50.1 Å². The van der Waals surface area contributed by atoms with Crippen molar-refractivity contribution in [2.24, 2.45) is 0 Å². The number of benzene rings is 2. The Bertz CT molecular complexity index is 1020. The van der Waals surface area contributed by atoms with Crippen molar-refractivity contribution < 1.29 is 9.53 Å². The summed E-state index contributed by atoms with van der Waals surface area (Å²) in [6.07, 6.45) is 0. The Morgan fingerprint density at radius 3 is 2.37 bits per heavy atom. The summed E-state index contributed by atoms with van der Waals surface area (Å²) in [5.41, 5.74) is 4.69. The van der Waals surface area contributed by atoms with Crippen LogP contribution >= 0.6 is 0 Å². The average molecular weight is 407 g/mol. The molecular weight excluding hydrogens is 376 g/mol. The molecule has 0 bridgehead atoms. The fraction of sp³-hybridized carbons (Fsp3) is 0.375. The van der Waals surface area contributed by atoms with E-state index in [1.165, 1.54) is 5.56 Å². The van der Waals surface area contributed by atoms with Gasteiger partial charge in [-0.25, -0.2) is 0 Å². The van der Waals surface area contributed by atoms with Crippen LogP contribution in [-0.4, -0.2) is 40.4 Å². The zero-order chi connectivity index (χ0) is 21.8. The summed E-state index contributed by atoms with van der Waals surface area (Å²) in [4.78, 5) is 13.0. The Morgan fingerprint density at radius 2 is 1.73 bits per heavy atom. The van der Waals surface area contributed by atoms with E-state index in [1.807, 2.05) is 30.5 Å². The molecule has 6 heteroatoms. The Kier molecular flexibility index (Phi) is 6.67. The van der Waals surface area contributed by atoms with Crippen LogP contribution in [0, 0.1) is 13.8 Å². The molecule has 6 nitrogen and oxygen atoms in total. The third kappa shape index (κ3) is 4.76. The maximum absolute atomic E-state index is 13.0. The zero-order valence-electron chi connectivity index (χ0n) is 18.6. The van der Waals surface area contributed by atoms with Crippen LogP contribution in [0.2, 0.25) is 0 Å². The zero-order valence-corrected chi connectivity index (χ0v) is 18.6. The Balaban J connectivity index is 2.13. The lowest BCUT2D eigenvalue weighted by molar-refractivity contribution is 0.0905. The van der Waals surface area contributed by atoms with Gasteiger partial charge in [0.05, 0.1) is 6.61 Å². The molecule has 30 heavy (non-hydrogen) atoms. The molecule has 1 aromatic heterocycles. The van der Waals surface area contributed by atoms with E-state index in [0.717, 1.165) is 28.5 Å². The standard InChI is InChI=1S/C24H30N4O2/c1-15(2)23-27-26-18(5)28(23)22-12-20(19-9-7-16(3)8-10-19)11-21(13-22)24(29)25-17(4)14-30-6/h7-13,15,17H,14H2,1-6H3,(H,25,29)/t17-/m1/s1. The second-order valence-electron chi connectivity index (χ2n) is 8.06. The first kappa shape index (κ1) is 21.7. The lowest BCUT2D eigenvalue weighted by atomic mass is 10.00. The molecule has 0 aliphatic rings. The lowest BCUT2D eigenvalue weighted by Crippen LogP contribution is -2.35. The fourth-order valence-corrected chi connectivity index (χ4v) is 3.45. The largest absolute Gasteiger partial charge is 0.383 e. The van der Waals surface area contributed by atoms with E-state index in [9.17, 15) is 4.79 Å². The summed E-state index contributed by atoms with van der Waals surface area (Å²) in [6, 6.07) is 14.1. The van der Waals surface area contributed by atoms with Gasteiger partial charge in [-0.2, -0.15) is 0 Å². The maximum Gasteiger partial charge on any atom is 0.251 e. The van der Waals surface area contributed by atoms with Crippen LogP contribution in [0.5, 0.6) is 0 Å². The van der Waals surface area contributed by atoms with Gasteiger partial charge in [0.2, 0.25) is 0 Å². The number of hydrogen-bond acceptors (Lipinski definition) is 4. The van der Waals surface area contributed by atoms with Gasteiger partial charge < -0.3 is 10.1 Å². The molecule has 0 saturated carbocycles. The quantitative estimate of drug-likeness (QED) is 0.630. The summed E-state index contributed by atoms with van der Waals surface area (Å²) >= 11 is 0. The van der Waals surface area contributed by atoms with Crippen molar-refractivity contribution in [3.63, 3.8) is 0 Å². The molecule has 2 aromatic carbocycles. The predicted molar refractivity (Wildman–Crippen MR) is 119 cm³/mol. The Labute approximate surface area is 178 Å². The minimum Gasteiger partial charge on any atom is -0.383 e. The van der Waals surface area contributed by atoms with Crippen molar-refractivity contribution in [1.29, 1.82) is 0 Å². The molecule has 0 aliphatic carbocycles. The molecule has 1 N–H and O–H groups in total. The number of carbonyl (C=O) groups is 1. The summed E-state index contributed by atoms with van der Waals surface area (Å²) in [5.74, 6) is 1.73. The number of nitrogens with one attached hydrogen (secondary N) is 1. The van der Waals surface area contributed by atoms with E-state index in [4.69, 9.17) is 4.74 Å². The summed E-state index contributed by atoms with van der Waals surface area (Å²) in [5, 5.41) is 11.6. The highest BCUT2D eigenvalue weighted by Crippen LogP contribution is 2.27. The highest BCUT2D eigenvalue weighted by atomic mass is 16.5. The van der Waals surface area contributed by atoms with Crippen LogP contribution in [0.25, 0.3) is 16.8 Å². The molecule has 3 rings (SSSR count). The van der Waals surface area contributed by atoms with E-state index < -0.39 is 0 Å². The Morgan fingerprint density at radius 1 is 1.03 bits per heavy atom. The van der Waals surface area contributed by atoms with Crippen molar-refractivity contribution in [3.05, 3.63) is 65.2 Å². The van der Waals surface area contributed by atoms with Crippen LogP contribution < -0.4 is 5.32 Å². The minimum atomic E-state index is -0.133. The molecule has 0 unspecified atom stereocenters. The maximum atomic E-state index is 13.0. The average Bonchev–Trinajstić information content (AvgIpc) is 3.10. The van der Waals surface area contributed by atoms with Crippen molar-refractivity contribution in [2.75, 3.05) is 13.7 Å². The third-order valence-electron chi connectivity index (χ3n) is 4.98. The van der Waals surface area contributed by atoms with Gasteiger partial charge in [0.15, 0.2) is 0 Å². The molecule has 158 valence electrons. The van der Waals surface area contributed by atoms with E-state index >= 15 is 0 Å². The van der Waals surface area contributed by atoms with E-state index in [-0.39, 0.29) is 17.9 Å². The number of rotatable bonds is 7. The van der Waals surface area contributed by atoms with Crippen LogP contribution in [0.3, 0.4) is 0 Å². The molecule has 1 heterocycles. The monoisotopic (exact) mass is 406 g/mol. The summed E-state index contributed by atoms with van der Waals surface area (Å²) in [6.45, 7) is 10.5. The van der Waals surface area contributed by atoms with Gasteiger partial charge >= 0.3 is 0 Å². The topological polar surface area (TPSA) is 69.0 Å². The number of ether oxygens (including phenoxy) is 1. The van der Waals surface area contributed by atoms with E-state index in [0.29, 0.717) is 12.2 Å². The van der Waals surface area contributed by atoms with E-state index in [1.54, 1.807) is 7.11 Å². The predicted octanol–water partition coefficient (Wildman–Crippen LogP) is 4.44. The van der Waals surface area contributed by atoms with E-state index in [2.05, 4.69) is 66.6 Å². The molecule has 1 atom stereocenters. The molecule has 0 aliphatic heterocycles. The molecule has 0 spiro atoms. The number of aromatic nitrogens is 3. The summed E-state index contributed by atoms with van der Waals surface area (Å²) < 4.78 is 7.18. The number of nitrogens with zero attached hydrogens (tertiary/aromatic N) is 3. The fourth-order valence-electron chi connectivity index (χ4n) is 3.45. The van der Waals surface area contributed by atoms with Gasteiger partial charge in [0.1, 0.15) is 11.6 Å². The molecule has 3 aromatic rings. The normalized spacial score (nSPS) is 12.2. The number of hydrogen-bond donors (Lipinski definition) is 1. The molecule has 1 amide bonds. The van der Waals surface area contributed by atoms with Crippen LogP contribution in [0.1, 0.15) is 54.3 Å². The first-order valence-corrected chi connectivity index (χ1v) is 10.2. The van der Waals surface area contributed by atoms with Crippen molar-refractivity contribution in [3.8, 4) is 16.8 Å².